The predicted octanol–water partition coefficient (Wildman–Crippen LogP) is 3.41. The lowest BCUT2D eigenvalue weighted by molar-refractivity contribution is 0.392. The highest BCUT2D eigenvalue weighted by molar-refractivity contribution is 7.98. The van der Waals surface area contributed by atoms with Gasteiger partial charge in [-0.05, 0) is 38.8 Å². The van der Waals surface area contributed by atoms with Crippen LogP contribution in [0, 0.1) is 13.8 Å². The molecule has 3 rings (SSSR count). The summed E-state index contributed by atoms with van der Waals surface area (Å²) in [5.41, 5.74) is 2.14. The van der Waals surface area contributed by atoms with Crippen LogP contribution >= 0.6 is 11.8 Å². The largest absolute Gasteiger partial charge is 0.407 e. The Hall–Kier alpha value is -2.35. The molecule has 0 saturated carbocycles. The summed E-state index contributed by atoms with van der Waals surface area (Å²) in [7, 11) is 0. The summed E-state index contributed by atoms with van der Waals surface area (Å²) in [6.45, 7) is 4.65. The van der Waals surface area contributed by atoms with Crippen LogP contribution in [0.2, 0.25) is 0 Å². The van der Waals surface area contributed by atoms with E-state index in [0.29, 0.717) is 17.7 Å². The molecule has 0 spiro atoms. The first kappa shape index (κ1) is 16.5. The van der Waals surface area contributed by atoms with Gasteiger partial charge in [-0.25, -0.2) is 0 Å². The molecule has 0 saturated heterocycles. The zero-order chi connectivity index (χ0) is 16.8. The van der Waals surface area contributed by atoms with Gasteiger partial charge in [-0.3, -0.25) is 4.98 Å². The van der Waals surface area contributed by atoms with Crippen LogP contribution in [0.15, 0.2) is 38.4 Å². The van der Waals surface area contributed by atoms with Crippen LogP contribution in [0.1, 0.15) is 29.3 Å². The molecule has 7 nitrogen and oxygen atoms in total. The summed E-state index contributed by atoms with van der Waals surface area (Å²) in [4.78, 5) is 5.11. The van der Waals surface area contributed by atoms with Gasteiger partial charge >= 0.3 is 6.01 Å². The minimum atomic E-state index is 0.457. The van der Waals surface area contributed by atoms with Crippen molar-refractivity contribution in [2.24, 2.45) is 0 Å². The van der Waals surface area contributed by atoms with Gasteiger partial charge in [0, 0.05) is 29.4 Å². The minimum absolute atomic E-state index is 0.457. The first-order valence-electron chi connectivity index (χ1n) is 7.73. The molecule has 8 heteroatoms. The van der Waals surface area contributed by atoms with E-state index in [9.17, 15) is 0 Å². The zero-order valence-corrected chi connectivity index (χ0v) is 14.5. The van der Waals surface area contributed by atoms with Crippen molar-refractivity contribution in [1.29, 1.82) is 0 Å². The lowest BCUT2D eigenvalue weighted by atomic mass is 10.1. The molecule has 0 fully saturated rings. The highest BCUT2D eigenvalue weighted by Gasteiger charge is 2.09. The average molecular weight is 345 g/mol. The highest BCUT2D eigenvalue weighted by Crippen LogP contribution is 2.22. The second-order valence-electron chi connectivity index (χ2n) is 5.31. The number of pyridine rings is 1. The van der Waals surface area contributed by atoms with Crippen molar-refractivity contribution >= 4 is 17.8 Å². The molecule has 24 heavy (non-hydrogen) atoms. The normalized spacial score (nSPS) is 10.9. The van der Waals surface area contributed by atoms with Gasteiger partial charge in [-0.2, -0.15) is 0 Å². The number of nitrogens with zero attached hydrogens (tertiary/aromatic N) is 4. The van der Waals surface area contributed by atoms with Crippen molar-refractivity contribution in [2.45, 2.75) is 37.3 Å². The quantitative estimate of drug-likeness (QED) is 0.491. The van der Waals surface area contributed by atoms with Crippen LogP contribution in [0.25, 0.3) is 0 Å². The summed E-state index contributed by atoms with van der Waals surface area (Å²) in [6, 6.07) is 4.36. The number of hydrogen-bond acceptors (Lipinski definition) is 8. The van der Waals surface area contributed by atoms with Crippen LogP contribution in [0.5, 0.6) is 0 Å². The summed E-state index contributed by atoms with van der Waals surface area (Å²) < 4.78 is 10.7. The van der Waals surface area contributed by atoms with Gasteiger partial charge in [0.1, 0.15) is 5.76 Å². The number of rotatable bonds is 8. The smallest absolute Gasteiger partial charge is 0.315 e. The topological polar surface area (TPSA) is 89.9 Å². The van der Waals surface area contributed by atoms with E-state index < -0.39 is 0 Å². The van der Waals surface area contributed by atoms with E-state index >= 15 is 0 Å². The van der Waals surface area contributed by atoms with Gasteiger partial charge in [0.2, 0.25) is 5.89 Å². The molecule has 0 aromatic carbocycles. The Bertz CT molecular complexity index is 752. The molecule has 0 aliphatic rings. The van der Waals surface area contributed by atoms with E-state index in [0.717, 1.165) is 35.7 Å². The molecular weight excluding hydrogens is 326 g/mol. The maximum atomic E-state index is 5.59. The van der Waals surface area contributed by atoms with Gasteiger partial charge in [-0.1, -0.05) is 10.3 Å². The van der Waals surface area contributed by atoms with Crippen molar-refractivity contribution in [1.82, 2.24) is 20.3 Å². The van der Waals surface area contributed by atoms with Crippen LogP contribution in [-0.2, 0) is 12.2 Å². The summed E-state index contributed by atoms with van der Waals surface area (Å²) in [5, 5.41) is 15.2. The number of thioether (sulfide) groups is 1. The van der Waals surface area contributed by atoms with Crippen LogP contribution in [-0.4, -0.2) is 26.9 Å². The third kappa shape index (κ3) is 4.35. The van der Waals surface area contributed by atoms with E-state index in [1.807, 2.05) is 26.0 Å². The fourth-order valence-electron chi connectivity index (χ4n) is 2.28. The van der Waals surface area contributed by atoms with Crippen molar-refractivity contribution in [3.05, 3.63) is 47.4 Å². The Morgan fingerprint density at radius 1 is 1.17 bits per heavy atom. The second kappa shape index (κ2) is 7.96. The van der Waals surface area contributed by atoms with Crippen molar-refractivity contribution in [3.8, 4) is 0 Å². The molecule has 126 valence electrons. The molecule has 3 aromatic heterocycles. The molecule has 0 unspecified atom stereocenters. The van der Waals surface area contributed by atoms with E-state index in [-0.39, 0.29) is 0 Å². The SMILES string of the molecule is Cc1noc(C)c1CCCNc1nnc(CSc2ccncc2)o1. The Morgan fingerprint density at radius 3 is 2.75 bits per heavy atom. The molecule has 0 atom stereocenters. The fourth-order valence-corrected chi connectivity index (χ4v) is 3.00. The molecule has 0 amide bonds. The van der Waals surface area contributed by atoms with E-state index in [4.69, 9.17) is 8.94 Å². The summed E-state index contributed by atoms with van der Waals surface area (Å²) >= 11 is 1.64. The lowest BCUT2D eigenvalue weighted by Crippen LogP contribution is -2.03. The van der Waals surface area contributed by atoms with Gasteiger partial charge < -0.3 is 14.3 Å². The Balaban J connectivity index is 1.41. The summed E-state index contributed by atoms with van der Waals surface area (Å²) in [5.74, 6) is 2.13. The third-order valence-electron chi connectivity index (χ3n) is 3.54. The first-order valence-corrected chi connectivity index (χ1v) is 8.72. The molecule has 0 aliphatic carbocycles. The summed E-state index contributed by atoms with van der Waals surface area (Å²) in [6.07, 6.45) is 5.38. The third-order valence-corrected chi connectivity index (χ3v) is 4.54. The molecular formula is C16H19N5O2S. The zero-order valence-electron chi connectivity index (χ0n) is 13.7. The average Bonchev–Trinajstić information content (AvgIpc) is 3.18. The predicted molar refractivity (Wildman–Crippen MR) is 90.9 cm³/mol. The fraction of sp³-hybridized carbons (Fsp3) is 0.375. The van der Waals surface area contributed by atoms with Gasteiger partial charge in [0.05, 0.1) is 11.4 Å². The minimum Gasteiger partial charge on any atom is -0.407 e. The van der Waals surface area contributed by atoms with Gasteiger partial charge in [-0.15, -0.1) is 16.9 Å². The van der Waals surface area contributed by atoms with Gasteiger partial charge in [0.25, 0.3) is 0 Å². The maximum Gasteiger partial charge on any atom is 0.315 e. The van der Waals surface area contributed by atoms with Crippen LogP contribution in [0.4, 0.5) is 6.01 Å². The monoisotopic (exact) mass is 345 g/mol. The molecule has 3 aromatic rings. The number of anilines is 1. The molecule has 0 bridgehead atoms. The molecule has 3 heterocycles. The van der Waals surface area contributed by atoms with E-state index in [1.54, 1.807) is 24.2 Å². The number of hydrogen-bond donors (Lipinski definition) is 1. The Kier molecular flexibility index (Phi) is 5.47. The lowest BCUT2D eigenvalue weighted by Gasteiger charge is -2.01. The first-order chi connectivity index (χ1) is 11.7. The molecule has 0 aliphatic heterocycles. The molecule has 1 N–H and O–H groups in total. The Morgan fingerprint density at radius 2 is 2.00 bits per heavy atom. The number of aromatic nitrogens is 4. The molecule has 0 radical (unpaired) electrons. The van der Waals surface area contributed by atoms with Crippen LogP contribution < -0.4 is 5.32 Å². The number of aryl methyl sites for hydroxylation is 2. The van der Waals surface area contributed by atoms with E-state index in [1.165, 1.54) is 5.56 Å². The van der Waals surface area contributed by atoms with Crippen LogP contribution in [0.3, 0.4) is 0 Å². The maximum absolute atomic E-state index is 5.59. The van der Waals surface area contributed by atoms with Crippen molar-refractivity contribution < 1.29 is 8.94 Å². The number of nitrogens with one attached hydrogen (secondary N) is 1. The second-order valence-corrected chi connectivity index (χ2v) is 6.35. The van der Waals surface area contributed by atoms with Gasteiger partial charge in [0.15, 0.2) is 0 Å². The van der Waals surface area contributed by atoms with Crippen molar-refractivity contribution in [2.75, 3.05) is 11.9 Å². The standard InChI is InChI=1S/C16H19N5O2S/c1-11-14(12(2)23-21-11)4-3-7-18-16-20-19-15(22-16)10-24-13-5-8-17-9-6-13/h5-6,8-9H,3-4,7,10H2,1-2H3,(H,18,20). The Labute approximate surface area is 144 Å². The van der Waals surface area contributed by atoms with E-state index in [2.05, 4.69) is 25.7 Å². The highest BCUT2D eigenvalue weighted by atomic mass is 32.2. The van der Waals surface area contributed by atoms with Crippen molar-refractivity contribution in [3.63, 3.8) is 0 Å².